The van der Waals surface area contributed by atoms with Crippen LogP contribution < -0.4 is 5.32 Å². The second-order valence-corrected chi connectivity index (χ2v) is 6.56. The molecule has 1 heterocycles. The van der Waals surface area contributed by atoms with E-state index in [0.29, 0.717) is 17.3 Å². The van der Waals surface area contributed by atoms with Gasteiger partial charge in [0.1, 0.15) is 0 Å². The minimum Gasteiger partial charge on any atom is -0.316 e. The van der Waals surface area contributed by atoms with Crippen molar-refractivity contribution in [2.24, 2.45) is 0 Å². The summed E-state index contributed by atoms with van der Waals surface area (Å²) in [4.78, 5) is 0. The maximum atomic E-state index is 4.59. The molecule has 0 saturated carbocycles. The average Bonchev–Trinajstić information content (AvgIpc) is 2.72. The van der Waals surface area contributed by atoms with Crippen molar-refractivity contribution in [1.29, 1.82) is 0 Å². The number of thioether (sulfide) groups is 1. The fourth-order valence-electron chi connectivity index (χ4n) is 1.58. The van der Waals surface area contributed by atoms with Gasteiger partial charge in [-0.3, -0.25) is 4.68 Å². The quantitative estimate of drug-likeness (QED) is 0.812. The molecule has 0 amide bonds. The molecular weight excluding hydrogens is 230 g/mol. The highest BCUT2D eigenvalue weighted by Gasteiger charge is 2.11. The van der Waals surface area contributed by atoms with E-state index in [2.05, 4.69) is 50.4 Å². The first-order valence-electron chi connectivity index (χ1n) is 6.35. The monoisotopic (exact) mass is 255 g/mol. The number of aromatic nitrogens is 2. The first-order chi connectivity index (χ1) is 8.02. The fraction of sp³-hybridized carbons (Fsp3) is 0.769. The zero-order chi connectivity index (χ0) is 12.8. The van der Waals surface area contributed by atoms with Gasteiger partial charge in [0, 0.05) is 30.5 Å². The molecule has 0 aromatic carbocycles. The van der Waals surface area contributed by atoms with Crippen molar-refractivity contribution in [3.63, 3.8) is 0 Å². The largest absolute Gasteiger partial charge is 0.316 e. The summed E-state index contributed by atoms with van der Waals surface area (Å²) >= 11 is 2.00. The van der Waals surface area contributed by atoms with Gasteiger partial charge in [-0.15, -0.1) is 0 Å². The Balaban J connectivity index is 2.49. The molecule has 1 rings (SSSR count). The minimum atomic E-state index is 0.446. The van der Waals surface area contributed by atoms with E-state index in [1.807, 2.05) is 23.5 Å². The number of nitrogens with one attached hydrogen (secondary N) is 1. The van der Waals surface area contributed by atoms with Crippen LogP contribution in [-0.2, 0) is 6.42 Å². The van der Waals surface area contributed by atoms with Crippen LogP contribution in [0.1, 0.15) is 39.4 Å². The molecule has 17 heavy (non-hydrogen) atoms. The van der Waals surface area contributed by atoms with Crippen LogP contribution in [0.25, 0.3) is 0 Å². The number of nitrogens with zero attached hydrogens (tertiary/aromatic N) is 2. The zero-order valence-corrected chi connectivity index (χ0v) is 12.4. The van der Waals surface area contributed by atoms with E-state index in [1.54, 1.807) is 0 Å². The minimum absolute atomic E-state index is 0.446. The second kappa shape index (κ2) is 7.07. The van der Waals surface area contributed by atoms with E-state index >= 15 is 0 Å². The Morgan fingerprint density at radius 2 is 2.06 bits per heavy atom. The topological polar surface area (TPSA) is 29.9 Å². The lowest BCUT2D eigenvalue weighted by atomic mass is 10.2. The molecular formula is C13H25N3S. The first-order valence-corrected chi connectivity index (χ1v) is 7.40. The average molecular weight is 255 g/mol. The standard InChI is InChI=1S/C13H25N3S/c1-10(2)16-7-6-12(15-16)8-13(14-5)9-17-11(3)4/h6-7,10-11,13-14H,8-9H2,1-5H3. The van der Waals surface area contributed by atoms with Crippen LogP contribution in [0.5, 0.6) is 0 Å². The normalized spacial score (nSPS) is 13.6. The van der Waals surface area contributed by atoms with E-state index < -0.39 is 0 Å². The van der Waals surface area contributed by atoms with Crippen LogP contribution >= 0.6 is 11.8 Å². The second-order valence-electron chi connectivity index (χ2n) is 4.95. The molecule has 1 N–H and O–H groups in total. The summed E-state index contributed by atoms with van der Waals surface area (Å²) in [6.45, 7) is 8.79. The molecule has 1 aromatic rings. The number of hydrogen-bond donors (Lipinski definition) is 1. The molecule has 1 unspecified atom stereocenters. The number of hydrogen-bond acceptors (Lipinski definition) is 3. The highest BCUT2D eigenvalue weighted by atomic mass is 32.2. The van der Waals surface area contributed by atoms with Gasteiger partial charge in [-0.1, -0.05) is 13.8 Å². The lowest BCUT2D eigenvalue weighted by molar-refractivity contribution is 0.518. The molecule has 98 valence electrons. The highest BCUT2D eigenvalue weighted by Crippen LogP contribution is 2.13. The van der Waals surface area contributed by atoms with Crippen LogP contribution in [0.3, 0.4) is 0 Å². The van der Waals surface area contributed by atoms with Crippen LogP contribution in [0.2, 0.25) is 0 Å². The first kappa shape index (κ1) is 14.6. The lowest BCUT2D eigenvalue weighted by Crippen LogP contribution is -2.30. The Kier molecular flexibility index (Phi) is 6.06. The van der Waals surface area contributed by atoms with Crippen molar-refractivity contribution in [3.8, 4) is 0 Å². The molecule has 0 saturated heterocycles. The van der Waals surface area contributed by atoms with Crippen molar-refractivity contribution >= 4 is 11.8 Å². The Morgan fingerprint density at radius 1 is 1.35 bits per heavy atom. The Morgan fingerprint density at radius 3 is 2.53 bits per heavy atom. The van der Waals surface area contributed by atoms with Crippen molar-refractivity contribution in [2.75, 3.05) is 12.8 Å². The predicted molar refractivity (Wildman–Crippen MR) is 76.8 cm³/mol. The third-order valence-corrected chi connectivity index (χ3v) is 3.95. The Hall–Kier alpha value is -0.480. The van der Waals surface area contributed by atoms with Crippen molar-refractivity contribution in [2.45, 2.75) is 51.4 Å². The molecule has 0 fully saturated rings. The Labute approximate surface area is 109 Å². The summed E-state index contributed by atoms with van der Waals surface area (Å²) in [6, 6.07) is 3.09. The van der Waals surface area contributed by atoms with Crippen molar-refractivity contribution in [1.82, 2.24) is 15.1 Å². The summed E-state index contributed by atoms with van der Waals surface area (Å²) in [6.07, 6.45) is 3.08. The molecule has 0 aliphatic carbocycles. The molecule has 4 heteroatoms. The summed E-state index contributed by atoms with van der Waals surface area (Å²) < 4.78 is 2.03. The van der Waals surface area contributed by atoms with Gasteiger partial charge < -0.3 is 5.32 Å². The maximum Gasteiger partial charge on any atom is 0.0640 e. The molecule has 0 aliphatic rings. The van der Waals surface area contributed by atoms with Gasteiger partial charge in [0.2, 0.25) is 0 Å². The smallest absolute Gasteiger partial charge is 0.0640 e. The third kappa shape index (κ3) is 5.13. The highest BCUT2D eigenvalue weighted by molar-refractivity contribution is 7.99. The van der Waals surface area contributed by atoms with E-state index in [1.165, 1.54) is 5.69 Å². The molecule has 3 nitrogen and oxygen atoms in total. The van der Waals surface area contributed by atoms with Crippen molar-refractivity contribution < 1.29 is 0 Å². The van der Waals surface area contributed by atoms with Gasteiger partial charge in [-0.2, -0.15) is 16.9 Å². The Bertz CT molecular complexity index is 320. The van der Waals surface area contributed by atoms with Gasteiger partial charge in [0.05, 0.1) is 5.69 Å². The molecule has 0 aliphatic heterocycles. The molecule has 1 atom stereocenters. The van der Waals surface area contributed by atoms with Crippen LogP contribution in [0.15, 0.2) is 12.3 Å². The zero-order valence-electron chi connectivity index (χ0n) is 11.6. The summed E-state index contributed by atoms with van der Waals surface area (Å²) in [5.74, 6) is 1.14. The van der Waals surface area contributed by atoms with Gasteiger partial charge in [-0.25, -0.2) is 0 Å². The van der Waals surface area contributed by atoms with Crippen LogP contribution in [-0.4, -0.2) is 33.9 Å². The lowest BCUT2D eigenvalue weighted by Gasteiger charge is -2.16. The van der Waals surface area contributed by atoms with Gasteiger partial charge in [-0.05, 0) is 32.2 Å². The summed E-state index contributed by atoms with van der Waals surface area (Å²) in [5.41, 5.74) is 1.18. The van der Waals surface area contributed by atoms with Gasteiger partial charge in [0.25, 0.3) is 0 Å². The van der Waals surface area contributed by atoms with Crippen molar-refractivity contribution in [3.05, 3.63) is 18.0 Å². The molecule has 0 spiro atoms. The summed E-state index contributed by atoms with van der Waals surface area (Å²) in [7, 11) is 2.03. The van der Waals surface area contributed by atoms with Gasteiger partial charge >= 0.3 is 0 Å². The van der Waals surface area contributed by atoms with E-state index in [-0.39, 0.29) is 0 Å². The third-order valence-electron chi connectivity index (χ3n) is 2.69. The number of rotatable bonds is 7. The fourth-order valence-corrected chi connectivity index (χ4v) is 2.48. The van der Waals surface area contributed by atoms with E-state index in [9.17, 15) is 0 Å². The van der Waals surface area contributed by atoms with Crippen LogP contribution in [0, 0.1) is 0 Å². The summed E-state index contributed by atoms with van der Waals surface area (Å²) in [5, 5.41) is 8.66. The van der Waals surface area contributed by atoms with E-state index in [0.717, 1.165) is 12.2 Å². The molecule has 0 radical (unpaired) electrons. The predicted octanol–water partition coefficient (Wildman–Crippen LogP) is 2.74. The van der Waals surface area contributed by atoms with E-state index in [4.69, 9.17) is 0 Å². The van der Waals surface area contributed by atoms with Gasteiger partial charge in [0.15, 0.2) is 0 Å². The molecule has 1 aromatic heterocycles. The number of likely N-dealkylation sites (N-methyl/N-ethyl adjacent to an activating group) is 1. The SMILES string of the molecule is CNC(CSC(C)C)Cc1ccn(C(C)C)n1. The maximum absolute atomic E-state index is 4.59. The molecule has 0 bridgehead atoms. The van der Waals surface area contributed by atoms with Crippen LogP contribution in [0.4, 0.5) is 0 Å².